The maximum absolute atomic E-state index is 4.80. The van der Waals surface area contributed by atoms with Crippen LogP contribution in [0.2, 0.25) is 0 Å². The standard InChI is InChI=1S/C16H16BrN2/c1-2-3-11-19-15-10-5-4-9-14(15)18-16(19)12-7-6-8-13(12)17/h4-10H,2-3,11H2,1H3. The molecule has 1 aliphatic carbocycles. The van der Waals surface area contributed by atoms with Gasteiger partial charge in [0.05, 0.1) is 21.8 Å². The molecule has 3 heteroatoms. The lowest BCUT2D eigenvalue weighted by Crippen LogP contribution is -2.10. The lowest BCUT2D eigenvalue weighted by Gasteiger charge is -2.15. The van der Waals surface area contributed by atoms with Crippen molar-refractivity contribution < 1.29 is 0 Å². The second-order valence-electron chi connectivity index (χ2n) is 4.72. The van der Waals surface area contributed by atoms with E-state index in [1.165, 1.54) is 24.3 Å². The summed E-state index contributed by atoms with van der Waals surface area (Å²) >= 11 is 3.61. The number of hydrogen-bond donors (Lipinski definition) is 0. The van der Waals surface area contributed by atoms with Gasteiger partial charge >= 0.3 is 0 Å². The molecule has 97 valence electrons. The van der Waals surface area contributed by atoms with Crippen LogP contribution in [0.3, 0.4) is 0 Å². The van der Waals surface area contributed by atoms with Crippen LogP contribution in [0.25, 0.3) is 11.0 Å². The van der Waals surface area contributed by atoms with E-state index in [4.69, 9.17) is 4.98 Å². The predicted molar refractivity (Wildman–Crippen MR) is 82.1 cm³/mol. The summed E-state index contributed by atoms with van der Waals surface area (Å²) in [5.74, 6) is 2.24. The number of aromatic nitrogens is 2. The van der Waals surface area contributed by atoms with Crippen molar-refractivity contribution in [2.45, 2.75) is 26.3 Å². The number of benzene rings is 1. The number of rotatable bonds is 4. The molecule has 1 heterocycles. The topological polar surface area (TPSA) is 17.8 Å². The Hall–Kier alpha value is -0.830. The normalized spacial score (nSPS) is 17.6. The fourth-order valence-corrected chi connectivity index (χ4v) is 2.87. The summed E-state index contributed by atoms with van der Waals surface area (Å²) in [6, 6.07) is 8.36. The van der Waals surface area contributed by atoms with Crippen molar-refractivity contribution in [3.63, 3.8) is 0 Å². The van der Waals surface area contributed by atoms with E-state index in [9.17, 15) is 0 Å². The summed E-state index contributed by atoms with van der Waals surface area (Å²) in [4.78, 5) is 5.91. The van der Waals surface area contributed by atoms with E-state index < -0.39 is 0 Å². The highest BCUT2D eigenvalue weighted by molar-refractivity contribution is 9.11. The van der Waals surface area contributed by atoms with Crippen LogP contribution in [-0.2, 0) is 6.54 Å². The minimum atomic E-state index is 1.02. The maximum Gasteiger partial charge on any atom is 0.118 e. The van der Waals surface area contributed by atoms with Gasteiger partial charge in [-0.3, -0.25) is 0 Å². The third-order valence-electron chi connectivity index (χ3n) is 3.39. The van der Waals surface area contributed by atoms with Gasteiger partial charge in [0.15, 0.2) is 0 Å². The minimum Gasteiger partial charge on any atom is -0.327 e. The largest absolute Gasteiger partial charge is 0.327 e. The van der Waals surface area contributed by atoms with Crippen LogP contribution >= 0.6 is 15.9 Å². The first-order valence-electron chi connectivity index (χ1n) is 6.68. The Bertz CT molecular complexity index is 561. The number of halogens is 1. The molecule has 3 rings (SSSR count). The summed E-state index contributed by atoms with van der Waals surface area (Å²) in [7, 11) is 0. The van der Waals surface area contributed by atoms with Gasteiger partial charge in [0.2, 0.25) is 0 Å². The van der Waals surface area contributed by atoms with E-state index in [-0.39, 0.29) is 0 Å². The third-order valence-corrected chi connectivity index (χ3v) is 4.08. The van der Waals surface area contributed by atoms with E-state index in [2.05, 4.69) is 64.9 Å². The molecule has 1 aliphatic rings. The molecule has 2 nitrogen and oxygen atoms in total. The fraction of sp³-hybridized carbons (Fsp3) is 0.250. The molecule has 1 aromatic heterocycles. The van der Waals surface area contributed by atoms with Crippen molar-refractivity contribution in [1.29, 1.82) is 0 Å². The summed E-state index contributed by atoms with van der Waals surface area (Å²) in [5, 5.41) is 0. The fourth-order valence-electron chi connectivity index (χ4n) is 2.40. The number of unbranched alkanes of at least 4 members (excludes halogenated alkanes) is 1. The van der Waals surface area contributed by atoms with Crippen molar-refractivity contribution in [3.05, 3.63) is 60.1 Å². The van der Waals surface area contributed by atoms with E-state index >= 15 is 0 Å². The molecule has 0 bridgehead atoms. The van der Waals surface area contributed by atoms with Crippen molar-refractivity contribution in [3.8, 4) is 0 Å². The monoisotopic (exact) mass is 315 g/mol. The molecule has 0 atom stereocenters. The quantitative estimate of drug-likeness (QED) is 0.822. The molecule has 0 unspecified atom stereocenters. The Kier molecular flexibility index (Phi) is 3.92. The molecular formula is C16H16BrN2. The summed E-state index contributed by atoms with van der Waals surface area (Å²) < 4.78 is 2.33. The van der Waals surface area contributed by atoms with Gasteiger partial charge in [0.25, 0.3) is 0 Å². The summed E-state index contributed by atoms with van der Waals surface area (Å²) in [6.45, 7) is 3.24. The molecule has 0 spiro atoms. The molecule has 0 aliphatic heterocycles. The Labute approximate surface area is 123 Å². The second-order valence-corrected chi connectivity index (χ2v) is 5.57. The number of fused-ring (bicyclic) bond motifs is 1. The predicted octanol–water partition coefficient (Wildman–Crippen LogP) is 4.31. The average Bonchev–Trinajstić information content (AvgIpc) is 2.99. The van der Waals surface area contributed by atoms with Crippen LogP contribution in [-0.4, -0.2) is 9.55 Å². The van der Waals surface area contributed by atoms with Crippen molar-refractivity contribution in [1.82, 2.24) is 9.55 Å². The average molecular weight is 316 g/mol. The van der Waals surface area contributed by atoms with E-state index in [0.717, 1.165) is 22.7 Å². The zero-order chi connectivity index (χ0) is 13.2. The molecule has 5 radical (unpaired) electrons. The van der Waals surface area contributed by atoms with E-state index in [0.29, 0.717) is 0 Å². The van der Waals surface area contributed by atoms with Gasteiger partial charge in [-0.15, -0.1) is 0 Å². The summed E-state index contributed by atoms with van der Waals surface area (Å²) in [5.41, 5.74) is 2.29. The third kappa shape index (κ3) is 2.45. The van der Waals surface area contributed by atoms with Crippen molar-refractivity contribution >= 4 is 27.0 Å². The number of imidazole rings is 1. The van der Waals surface area contributed by atoms with Gasteiger partial charge in [-0.05, 0) is 37.8 Å². The zero-order valence-corrected chi connectivity index (χ0v) is 12.5. The number of nitrogens with zero attached hydrogens (tertiary/aromatic N) is 2. The SMILES string of the molecule is CCCCn1c([C]2[CH][CH][CH][C]2Br)nc2ccccc21. The molecule has 2 aromatic rings. The Morgan fingerprint density at radius 1 is 1.21 bits per heavy atom. The van der Waals surface area contributed by atoms with Crippen LogP contribution < -0.4 is 0 Å². The van der Waals surface area contributed by atoms with Gasteiger partial charge in [0, 0.05) is 6.54 Å². The molecule has 0 N–H and O–H groups in total. The first-order chi connectivity index (χ1) is 9.31. The molecule has 0 amide bonds. The van der Waals surface area contributed by atoms with Gasteiger partial charge in [-0.25, -0.2) is 4.98 Å². The van der Waals surface area contributed by atoms with Crippen molar-refractivity contribution in [2.24, 2.45) is 0 Å². The van der Waals surface area contributed by atoms with Crippen molar-refractivity contribution in [2.75, 3.05) is 0 Å². The van der Waals surface area contributed by atoms with Gasteiger partial charge in [0.1, 0.15) is 5.82 Å². The molecule has 19 heavy (non-hydrogen) atoms. The Balaban J connectivity index is 2.06. The molecule has 1 fully saturated rings. The number of para-hydroxylation sites is 2. The molecular weight excluding hydrogens is 300 g/mol. The first-order valence-corrected chi connectivity index (χ1v) is 7.47. The highest BCUT2D eigenvalue weighted by Crippen LogP contribution is 2.42. The van der Waals surface area contributed by atoms with Crippen LogP contribution in [0.4, 0.5) is 0 Å². The molecule has 1 aromatic carbocycles. The number of aryl methyl sites for hydroxylation is 1. The van der Waals surface area contributed by atoms with Crippen LogP contribution in [0.15, 0.2) is 24.3 Å². The van der Waals surface area contributed by atoms with Gasteiger partial charge in [-0.1, -0.05) is 41.4 Å². The Morgan fingerprint density at radius 2 is 2.05 bits per heavy atom. The summed E-state index contributed by atoms with van der Waals surface area (Å²) in [6.07, 6.45) is 8.61. The van der Waals surface area contributed by atoms with Gasteiger partial charge in [-0.2, -0.15) is 0 Å². The highest BCUT2D eigenvalue weighted by Gasteiger charge is 2.32. The van der Waals surface area contributed by atoms with Crippen LogP contribution in [0.1, 0.15) is 25.6 Å². The smallest absolute Gasteiger partial charge is 0.118 e. The molecule has 1 saturated carbocycles. The van der Waals surface area contributed by atoms with E-state index in [1.54, 1.807) is 0 Å². The lowest BCUT2D eigenvalue weighted by molar-refractivity contribution is 0.629. The van der Waals surface area contributed by atoms with Crippen LogP contribution in [0.5, 0.6) is 0 Å². The minimum absolute atomic E-state index is 1.02. The van der Waals surface area contributed by atoms with Gasteiger partial charge < -0.3 is 4.57 Å². The Morgan fingerprint density at radius 3 is 2.79 bits per heavy atom. The first kappa shape index (κ1) is 13.2. The van der Waals surface area contributed by atoms with E-state index in [1.807, 2.05) is 6.07 Å². The second kappa shape index (κ2) is 5.66. The molecule has 0 saturated heterocycles. The lowest BCUT2D eigenvalue weighted by atomic mass is 10.1. The van der Waals surface area contributed by atoms with Crippen LogP contribution in [0, 0.1) is 30.0 Å². The number of hydrogen-bond acceptors (Lipinski definition) is 1. The highest BCUT2D eigenvalue weighted by atomic mass is 79.9. The maximum atomic E-state index is 4.80. The zero-order valence-electron chi connectivity index (χ0n) is 10.9.